The molecule has 23 heavy (non-hydrogen) atoms. The lowest BCUT2D eigenvalue weighted by Gasteiger charge is -2.05. The molecule has 2 heterocycles. The highest BCUT2D eigenvalue weighted by Gasteiger charge is 2.09. The van der Waals surface area contributed by atoms with Gasteiger partial charge in [-0.2, -0.15) is 5.10 Å². The zero-order valence-corrected chi connectivity index (χ0v) is 13.2. The van der Waals surface area contributed by atoms with E-state index in [1.807, 2.05) is 30.3 Å². The van der Waals surface area contributed by atoms with Crippen molar-refractivity contribution < 1.29 is 4.79 Å². The fourth-order valence-corrected chi connectivity index (χ4v) is 2.13. The number of nitrogens with one attached hydrogen (secondary N) is 2. The summed E-state index contributed by atoms with van der Waals surface area (Å²) in [7, 11) is 1.78. The smallest absolute Gasteiger partial charge is 0.254 e. The molecule has 0 saturated carbocycles. The van der Waals surface area contributed by atoms with Crippen LogP contribution in [0.15, 0.2) is 42.7 Å². The van der Waals surface area contributed by atoms with Crippen LogP contribution in [0.4, 0.5) is 0 Å². The van der Waals surface area contributed by atoms with E-state index in [0.29, 0.717) is 22.0 Å². The average molecular weight is 326 g/mol. The molecule has 0 fully saturated rings. The normalized spacial score (nSPS) is 10.5. The molecule has 2 aromatic heterocycles. The van der Waals surface area contributed by atoms with Crippen molar-refractivity contribution in [3.05, 3.63) is 58.9 Å². The highest BCUT2D eigenvalue weighted by molar-refractivity contribution is 7.71. The van der Waals surface area contributed by atoms with Crippen LogP contribution in [0.25, 0.3) is 11.4 Å². The highest BCUT2D eigenvalue weighted by atomic mass is 32.1. The van der Waals surface area contributed by atoms with Crippen LogP contribution < -0.4 is 5.32 Å². The fraction of sp³-hybridized carbons (Fsp3) is 0.133. The molecule has 0 atom stereocenters. The Morgan fingerprint density at radius 1 is 1.26 bits per heavy atom. The van der Waals surface area contributed by atoms with Crippen molar-refractivity contribution in [1.82, 2.24) is 30.0 Å². The summed E-state index contributed by atoms with van der Waals surface area (Å²) in [5, 5.41) is 9.46. The molecule has 0 aliphatic carbocycles. The SMILES string of the molecule is Cn1c(CNC(=O)c2cnc(-c3ccccc3)nc2)n[nH]c1=S. The van der Waals surface area contributed by atoms with Gasteiger partial charge in [0.2, 0.25) is 0 Å². The molecular weight excluding hydrogens is 312 g/mol. The highest BCUT2D eigenvalue weighted by Crippen LogP contribution is 2.13. The number of nitrogens with zero attached hydrogens (tertiary/aromatic N) is 4. The molecule has 0 aliphatic rings. The van der Waals surface area contributed by atoms with Crippen LogP contribution in [-0.4, -0.2) is 30.6 Å². The maximum atomic E-state index is 12.1. The van der Waals surface area contributed by atoms with E-state index in [1.54, 1.807) is 11.6 Å². The van der Waals surface area contributed by atoms with Crippen LogP contribution in [0.5, 0.6) is 0 Å². The third kappa shape index (κ3) is 3.32. The molecule has 0 aliphatic heterocycles. The quantitative estimate of drug-likeness (QED) is 0.715. The van der Waals surface area contributed by atoms with E-state index in [4.69, 9.17) is 12.2 Å². The lowest BCUT2D eigenvalue weighted by Crippen LogP contribution is -2.24. The Kier molecular flexibility index (Phi) is 4.24. The lowest BCUT2D eigenvalue weighted by molar-refractivity contribution is 0.0949. The van der Waals surface area contributed by atoms with Crippen molar-refractivity contribution >= 4 is 18.1 Å². The van der Waals surface area contributed by atoms with E-state index in [0.717, 1.165) is 5.56 Å². The second-order valence-corrected chi connectivity index (χ2v) is 5.23. The summed E-state index contributed by atoms with van der Waals surface area (Å²) in [6.45, 7) is 0.267. The van der Waals surface area contributed by atoms with Crippen LogP contribution in [0.2, 0.25) is 0 Å². The summed E-state index contributed by atoms with van der Waals surface area (Å²) >= 11 is 5.02. The minimum Gasteiger partial charge on any atom is -0.345 e. The molecule has 0 bridgehead atoms. The van der Waals surface area contributed by atoms with Gasteiger partial charge < -0.3 is 9.88 Å². The first-order chi connectivity index (χ1) is 11.1. The second-order valence-electron chi connectivity index (χ2n) is 4.85. The number of aromatic amines is 1. The van der Waals surface area contributed by atoms with Gasteiger partial charge in [0, 0.05) is 25.0 Å². The number of hydrogen-bond acceptors (Lipinski definition) is 5. The van der Waals surface area contributed by atoms with Crippen molar-refractivity contribution in [2.45, 2.75) is 6.54 Å². The van der Waals surface area contributed by atoms with Crippen LogP contribution in [-0.2, 0) is 13.6 Å². The fourth-order valence-electron chi connectivity index (χ4n) is 1.98. The first-order valence-electron chi connectivity index (χ1n) is 6.91. The number of carbonyl (C=O) groups is 1. The number of hydrogen-bond donors (Lipinski definition) is 2. The molecule has 0 radical (unpaired) electrons. The number of benzene rings is 1. The summed E-state index contributed by atoms with van der Waals surface area (Å²) in [6.07, 6.45) is 3.02. The van der Waals surface area contributed by atoms with Crippen molar-refractivity contribution in [2.24, 2.45) is 7.05 Å². The Hall–Kier alpha value is -2.87. The molecule has 7 nitrogen and oxygen atoms in total. The predicted molar refractivity (Wildman–Crippen MR) is 87.0 cm³/mol. The maximum absolute atomic E-state index is 12.1. The minimum atomic E-state index is -0.265. The Morgan fingerprint density at radius 2 is 1.96 bits per heavy atom. The van der Waals surface area contributed by atoms with E-state index >= 15 is 0 Å². The third-order valence-corrected chi connectivity index (χ3v) is 3.69. The average Bonchev–Trinajstić information content (AvgIpc) is 2.92. The first-order valence-corrected chi connectivity index (χ1v) is 7.32. The summed E-state index contributed by atoms with van der Waals surface area (Å²) < 4.78 is 2.20. The van der Waals surface area contributed by atoms with Crippen LogP contribution in [0.3, 0.4) is 0 Å². The van der Waals surface area contributed by atoms with Gasteiger partial charge in [-0.1, -0.05) is 30.3 Å². The third-order valence-electron chi connectivity index (χ3n) is 3.33. The van der Waals surface area contributed by atoms with Crippen LogP contribution in [0, 0.1) is 4.77 Å². The van der Waals surface area contributed by atoms with Crippen LogP contribution in [0.1, 0.15) is 16.2 Å². The monoisotopic (exact) mass is 326 g/mol. The Morgan fingerprint density at radius 3 is 2.57 bits per heavy atom. The molecular formula is C15H14N6OS. The zero-order valence-electron chi connectivity index (χ0n) is 12.4. The van der Waals surface area contributed by atoms with Gasteiger partial charge in [-0.25, -0.2) is 9.97 Å². The molecule has 1 aromatic carbocycles. The number of H-pyrrole nitrogens is 1. The number of aromatic nitrogens is 5. The Labute approximate surface area is 137 Å². The molecule has 0 unspecified atom stereocenters. The van der Waals surface area contributed by atoms with Gasteiger partial charge in [0.1, 0.15) is 0 Å². The zero-order chi connectivity index (χ0) is 16.2. The van der Waals surface area contributed by atoms with Gasteiger partial charge in [0.15, 0.2) is 16.4 Å². The molecule has 3 aromatic rings. The topological polar surface area (TPSA) is 88.5 Å². The molecule has 3 rings (SSSR count). The Bertz CT molecular complexity index is 869. The van der Waals surface area contributed by atoms with Crippen molar-refractivity contribution in [3.8, 4) is 11.4 Å². The van der Waals surface area contributed by atoms with Crippen molar-refractivity contribution in [2.75, 3.05) is 0 Å². The molecule has 116 valence electrons. The second kappa shape index (κ2) is 6.49. The van der Waals surface area contributed by atoms with Crippen LogP contribution >= 0.6 is 12.2 Å². The first kappa shape index (κ1) is 15.0. The summed E-state index contributed by atoms with van der Waals surface area (Å²) in [6, 6.07) is 9.58. The molecule has 8 heteroatoms. The molecule has 1 amide bonds. The van der Waals surface area contributed by atoms with Gasteiger partial charge in [0.05, 0.1) is 12.1 Å². The summed E-state index contributed by atoms with van der Waals surface area (Å²) in [4.78, 5) is 20.6. The predicted octanol–water partition coefficient (Wildman–Crippen LogP) is 1.86. The molecule has 2 N–H and O–H groups in total. The van der Waals surface area contributed by atoms with Crippen molar-refractivity contribution in [3.63, 3.8) is 0 Å². The minimum absolute atomic E-state index is 0.265. The Balaban J connectivity index is 1.68. The number of rotatable bonds is 4. The van der Waals surface area contributed by atoms with Crippen molar-refractivity contribution in [1.29, 1.82) is 0 Å². The standard InChI is InChI=1S/C15H14N6OS/c1-21-12(19-20-15(21)23)9-18-14(22)11-7-16-13(17-8-11)10-5-3-2-4-6-10/h2-8H,9H2,1H3,(H,18,22)(H,20,23). The molecule has 0 saturated heterocycles. The maximum Gasteiger partial charge on any atom is 0.254 e. The van der Waals surface area contributed by atoms with E-state index in [-0.39, 0.29) is 12.5 Å². The molecule has 0 spiro atoms. The van der Waals surface area contributed by atoms with E-state index in [9.17, 15) is 4.79 Å². The summed E-state index contributed by atoms with van der Waals surface area (Å²) in [5.41, 5.74) is 1.29. The largest absolute Gasteiger partial charge is 0.345 e. The van der Waals surface area contributed by atoms with E-state index < -0.39 is 0 Å². The number of amides is 1. The number of carbonyl (C=O) groups excluding carboxylic acids is 1. The van der Waals surface area contributed by atoms with E-state index in [2.05, 4.69) is 25.5 Å². The summed E-state index contributed by atoms with van der Waals surface area (Å²) in [5.74, 6) is 0.959. The lowest BCUT2D eigenvalue weighted by atomic mass is 10.2. The van der Waals surface area contributed by atoms with Gasteiger partial charge in [-0.15, -0.1) is 0 Å². The van der Waals surface area contributed by atoms with Gasteiger partial charge in [0.25, 0.3) is 5.91 Å². The van der Waals surface area contributed by atoms with E-state index in [1.165, 1.54) is 12.4 Å². The van der Waals surface area contributed by atoms with Gasteiger partial charge in [-0.05, 0) is 12.2 Å². The van der Waals surface area contributed by atoms with Gasteiger partial charge in [-0.3, -0.25) is 9.89 Å². The van der Waals surface area contributed by atoms with Gasteiger partial charge >= 0.3 is 0 Å².